The summed E-state index contributed by atoms with van der Waals surface area (Å²) < 4.78 is 13.0. The molecule has 0 aliphatic rings. The molecule has 0 spiro atoms. The molecule has 0 aliphatic heterocycles. The van der Waals surface area contributed by atoms with Crippen molar-refractivity contribution in [2.24, 2.45) is 11.0 Å². The van der Waals surface area contributed by atoms with Crippen molar-refractivity contribution in [3.8, 4) is 11.5 Å². The Morgan fingerprint density at radius 2 is 2.09 bits per heavy atom. The van der Waals surface area contributed by atoms with Crippen molar-refractivity contribution in [2.75, 3.05) is 18.9 Å². The van der Waals surface area contributed by atoms with Crippen LogP contribution in [0.5, 0.6) is 11.5 Å². The number of aromatic nitrogens is 2. The minimum atomic E-state index is 0.362. The van der Waals surface area contributed by atoms with Crippen LogP contribution in [0.1, 0.15) is 32.0 Å². The van der Waals surface area contributed by atoms with E-state index in [0.717, 1.165) is 17.0 Å². The van der Waals surface area contributed by atoms with E-state index < -0.39 is 0 Å². The van der Waals surface area contributed by atoms with Crippen LogP contribution in [0.4, 0.5) is 5.95 Å². The molecule has 2 rings (SSSR count). The minimum absolute atomic E-state index is 0.362. The van der Waals surface area contributed by atoms with Crippen molar-refractivity contribution in [1.29, 1.82) is 0 Å². The summed E-state index contributed by atoms with van der Waals surface area (Å²) in [5.41, 5.74) is 7.49. The van der Waals surface area contributed by atoms with Crippen LogP contribution in [-0.2, 0) is 0 Å². The zero-order valence-electron chi connectivity index (χ0n) is 14.1. The van der Waals surface area contributed by atoms with E-state index >= 15 is 0 Å². The molecule has 6 nitrogen and oxygen atoms in total. The Morgan fingerprint density at radius 1 is 1.30 bits per heavy atom. The van der Waals surface area contributed by atoms with E-state index in [-0.39, 0.29) is 0 Å². The minimum Gasteiger partial charge on any atom is -0.490 e. The summed E-state index contributed by atoms with van der Waals surface area (Å²) in [6, 6.07) is 5.74. The second-order valence-electron chi connectivity index (χ2n) is 5.67. The van der Waals surface area contributed by atoms with Gasteiger partial charge < -0.3 is 15.2 Å². The molecule has 1 aromatic carbocycles. The molecule has 0 aliphatic carbocycles. The van der Waals surface area contributed by atoms with Crippen LogP contribution in [0.3, 0.4) is 0 Å². The lowest BCUT2D eigenvalue weighted by Crippen LogP contribution is -2.06. The summed E-state index contributed by atoms with van der Waals surface area (Å²) in [5.74, 6) is 2.28. The molecule has 6 heteroatoms. The van der Waals surface area contributed by atoms with Crippen LogP contribution < -0.4 is 15.2 Å². The number of imidazole rings is 1. The van der Waals surface area contributed by atoms with E-state index in [2.05, 4.69) is 23.9 Å². The number of nitrogens with two attached hydrogens (primary N) is 1. The van der Waals surface area contributed by atoms with Gasteiger partial charge in [-0.2, -0.15) is 5.10 Å². The van der Waals surface area contributed by atoms with Crippen LogP contribution in [0.15, 0.2) is 29.5 Å². The van der Waals surface area contributed by atoms with Gasteiger partial charge >= 0.3 is 0 Å². The van der Waals surface area contributed by atoms with Gasteiger partial charge in [0, 0.05) is 0 Å². The predicted molar refractivity (Wildman–Crippen MR) is 92.3 cm³/mol. The van der Waals surface area contributed by atoms with Crippen molar-refractivity contribution in [2.45, 2.75) is 27.7 Å². The normalized spacial score (nSPS) is 11.3. The van der Waals surface area contributed by atoms with Gasteiger partial charge in [-0.05, 0) is 43.5 Å². The number of hydrogen-bond donors (Lipinski definition) is 1. The molecule has 23 heavy (non-hydrogen) atoms. The van der Waals surface area contributed by atoms with Crippen molar-refractivity contribution in [1.82, 2.24) is 9.66 Å². The van der Waals surface area contributed by atoms with Crippen LogP contribution in [0, 0.1) is 12.8 Å². The van der Waals surface area contributed by atoms with Crippen molar-refractivity contribution < 1.29 is 9.47 Å². The molecule has 0 amide bonds. The third-order valence-electron chi connectivity index (χ3n) is 3.01. The van der Waals surface area contributed by atoms with E-state index in [1.54, 1.807) is 17.1 Å². The molecule has 1 heterocycles. The maximum atomic E-state index is 5.79. The molecule has 2 N–H and O–H groups in total. The standard InChI is InChI=1S/C17H24N4O2/c1-5-22-16-8-14(6-7-15(16)23-11-12(2)3)9-19-21-10-13(4)20-17(21)18/h6-10,12H,5,11H2,1-4H3,(H2,18,20). The Morgan fingerprint density at radius 3 is 2.70 bits per heavy atom. The van der Waals surface area contributed by atoms with Crippen LogP contribution in [-0.4, -0.2) is 29.1 Å². The Balaban J connectivity index is 2.19. The molecule has 0 radical (unpaired) electrons. The van der Waals surface area contributed by atoms with Gasteiger partial charge in [0.15, 0.2) is 11.5 Å². The number of rotatable bonds is 7. The number of ether oxygens (including phenoxy) is 2. The largest absolute Gasteiger partial charge is 0.490 e. The monoisotopic (exact) mass is 316 g/mol. The second-order valence-corrected chi connectivity index (χ2v) is 5.67. The summed E-state index contributed by atoms with van der Waals surface area (Å²) in [6.07, 6.45) is 3.49. The fourth-order valence-electron chi connectivity index (χ4n) is 1.97. The van der Waals surface area contributed by atoms with Gasteiger partial charge in [0.05, 0.1) is 31.3 Å². The lowest BCUT2D eigenvalue weighted by atomic mass is 10.2. The topological polar surface area (TPSA) is 74.7 Å². The van der Waals surface area contributed by atoms with Gasteiger partial charge in [0.25, 0.3) is 0 Å². The molecule has 1 aromatic heterocycles. The maximum Gasteiger partial charge on any atom is 0.221 e. The smallest absolute Gasteiger partial charge is 0.221 e. The first-order chi connectivity index (χ1) is 11.0. The average molecular weight is 316 g/mol. The fourth-order valence-corrected chi connectivity index (χ4v) is 1.97. The van der Waals surface area contributed by atoms with Gasteiger partial charge in [0.2, 0.25) is 5.95 Å². The highest BCUT2D eigenvalue weighted by Gasteiger charge is 2.07. The van der Waals surface area contributed by atoms with Gasteiger partial charge in [-0.25, -0.2) is 9.66 Å². The molecule has 2 aromatic rings. The van der Waals surface area contributed by atoms with Gasteiger partial charge in [-0.1, -0.05) is 13.8 Å². The first kappa shape index (κ1) is 16.9. The molecular weight excluding hydrogens is 292 g/mol. The SMILES string of the molecule is CCOc1cc(C=Nn2cc(C)nc2N)ccc1OCC(C)C. The lowest BCUT2D eigenvalue weighted by molar-refractivity contribution is 0.248. The number of hydrogen-bond acceptors (Lipinski definition) is 5. The van der Waals surface area contributed by atoms with E-state index in [1.807, 2.05) is 32.0 Å². The first-order valence-electron chi connectivity index (χ1n) is 7.75. The Kier molecular flexibility index (Phi) is 5.62. The van der Waals surface area contributed by atoms with Crippen molar-refractivity contribution in [3.05, 3.63) is 35.7 Å². The highest BCUT2D eigenvalue weighted by atomic mass is 16.5. The highest BCUT2D eigenvalue weighted by Crippen LogP contribution is 2.28. The zero-order valence-corrected chi connectivity index (χ0v) is 14.1. The van der Waals surface area contributed by atoms with Crippen molar-refractivity contribution in [3.63, 3.8) is 0 Å². The summed E-state index contributed by atoms with van der Waals surface area (Å²) >= 11 is 0. The van der Waals surface area contributed by atoms with Crippen molar-refractivity contribution >= 4 is 12.2 Å². The molecule has 0 fully saturated rings. The van der Waals surface area contributed by atoms with Crippen LogP contribution >= 0.6 is 0 Å². The van der Waals surface area contributed by atoms with E-state index in [0.29, 0.717) is 30.8 Å². The molecule has 0 bridgehead atoms. The summed E-state index contributed by atoms with van der Waals surface area (Å²) in [6.45, 7) is 9.26. The molecule has 124 valence electrons. The predicted octanol–water partition coefficient (Wildman–Crippen LogP) is 3.09. The summed E-state index contributed by atoms with van der Waals surface area (Å²) in [4.78, 5) is 4.11. The van der Waals surface area contributed by atoms with E-state index in [9.17, 15) is 0 Å². The van der Waals surface area contributed by atoms with Crippen LogP contribution in [0.2, 0.25) is 0 Å². The summed E-state index contributed by atoms with van der Waals surface area (Å²) in [7, 11) is 0. The maximum absolute atomic E-state index is 5.79. The van der Waals surface area contributed by atoms with E-state index in [4.69, 9.17) is 15.2 Å². The zero-order chi connectivity index (χ0) is 16.8. The molecule has 0 unspecified atom stereocenters. The second kappa shape index (κ2) is 7.67. The third kappa shape index (κ3) is 4.74. The quantitative estimate of drug-likeness (QED) is 0.797. The van der Waals surface area contributed by atoms with Gasteiger partial charge in [-0.15, -0.1) is 0 Å². The Bertz CT molecular complexity index is 677. The number of nitrogens with zero attached hydrogens (tertiary/aromatic N) is 3. The fraction of sp³-hybridized carbons (Fsp3) is 0.412. The Labute approximate surface area is 136 Å². The third-order valence-corrected chi connectivity index (χ3v) is 3.01. The first-order valence-corrected chi connectivity index (χ1v) is 7.75. The van der Waals surface area contributed by atoms with E-state index in [1.165, 1.54) is 0 Å². The molecular formula is C17H24N4O2. The average Bonchev–Trinajstić information content (AvgIpc) is 2.82. The summed E-state index contributed by atoms with van der Waals surface area (Å²) in [5, 5.41) is 4.31. The molecule has 0 saturated heterocycles. The number of benzene rings is 1. The number of aryl methyl sites for hydroxylation is 1. The van der Waals surface area contributed by atoms with Gasteiger partial charge in [-0.3, -0.25) is 0 Å². The van der Waals surface area contributed by atoms with Gasteiger partial charge in [0.1, 0.15) is 0 Å². The van der Waals surface area contributed by atoms with Crippen LogP contribution in [0.25, 0.3) is 0 Å². The number of nitrogen functional groups attached to an aromatic ring is 1. The Hall–Kier alpha value is -2.50. The number of anilines is 1. The molecule has 0 saturated carbocycles. The highest BCUT2D eigenvalue weighted by molar-refractivity contribution is 5.81. The molecule has 0 atom stereocenters. The lowest BCUT2D eigenvalue weighted by Gasteiger charge is -2.13.